The van der Waals surface area contributed by atoms with Crippen molar-refractivity contribution in [2.45, 2.75) is 30.7 Å². The first-order chi connectivity index (χ1) is 7.59. The van der Waals surface area contributed by atoms with Gasteiger partial charge in [-0.2, -0.15) is 16.9 Å². The molecule has 2 N–H and O–H groups in total. The molecule has 1 aromatic heterocycles. The zero-order valence-electron chi connectivity index (χ0n) is 9.06. The number of aromatic amines is 1. The van der Waals surface area contributed by atoms with Crippen LogP contribution in [0.4, 0.5) is 0 Å². The van der Waals surface area contributed by atoms with Gasteiger partial charge in [-0.05, 0) is 31.3 Å². The number of rotatable bonds is 3. The molecule has 0 saturated carbocycles. The molecule has 0 spiro atoms. The van der Waals surface area contributed by atoms with E-state index in [2.05, 4.69) is 14.9 Å². The Labute approximate surface area is 99.4 Å². The van der Waals surface area contributed by atoms with E-state index >= 15 is 0 Å². The molecule has 1 aliphatic heterocycles. The van der Waals surface area contributed by atoms with Gasteiger partial charge in [0.1, 0.15) is 4.90 Å². The van der Waals surface area contributed by atoms with E-state index in [0.717, 1.165) is 24.3 Å². The number of hydrogen-bond donors (Lipinski definition) is 2. The highest BCUT2D eigenvalue weighted by molar-refractivity contribution is 7.99. The Morgan fingerprint density at radius 3 is 2.75 bits per heavy atom. The van der Waals surface area contributed by atoms with Gasteiger partial charge < -0.3 is 0 Å². The Morgan fingerprint density at radius 2 is 2.19 bits per heavy atom. The van der Waals surface area contributed by atoms with Crippen LogP contribution in [-0.2, 0) is 10.0 Å². The second-order valence-electron chi connectivity index (χ2n) is 3.87. The number of sulfonamides is 1. The van der Waals surface area contributed by atoms with E-state index in [0.29, 0.717) is 5.69 Å². The van der Waals surface area contributed by atoms with Crippen LogP contribution in [0, 0.1) is 6.92 Å². The molecule has 1 aromatic rings. The lowest BCUT2D eigenvalue weighted by Crippen LogP contribution is -2.37. The lowest BCUT2D eigenvalue weighted by molar-refractivity contribution is 0.528. The van der Waals surface area contributed by atoms with Gasteiger partial charge in [0, 0.05) is 6.04 Å². The van der Waals surface area contributed by atoms with Crippen LogP contribution >= 0.6 is 11.8 Å². The number of nitrogens with one attached hydrogen (secondary N) is 2. The number of thioether (sulfide) groups is 1. The molecule has 0 aliphatic carbocycles. The molecule has 2 rings (SSSR count). The fourth-order valence-electron chi connectivity index (χ4n) is 1.71. The van der Waals surface area contributed by atoms with E-state index in [-0.39, 0.29) is 10.9 Å². The third-order valence-electron chi connectivity index (χ3n) is 2.62. The number of aryl methyl sites for hydroxylation is 1. The van der Waals surface area contributed by atoms with Gasteiger partial charge in [0.25, 0.3) is 0 Å². The molecular weight excluding hydrogens is 246 g/mol. The lowest BCUT2D eigenvalue weighted by atomic mass is 10.2. The number of nitrogens with zero attached hydrogens (tertiary/aromatic N) is 1. The van der Waals surface area contributed by atoms with Crippen molar-refractivity contribution in [3.63, 3.8) is 0 Å². The summed E-state index contributed by atoms with van der Waals surface area (Å²) in [5.74, 6) is 2.05. The molecule has 1 fully saturated rings. The van der Waals surface area contributed by atoms with Crippen molar-refractivity contribution >= 4 is 21.8 Å². The molecule has 16 heavy (non-hydrogen) atoms. The van der Waals surface area contributed by atoms with E-state index in [4.69, 9.17) is 0 Å². The molecule has 2 heterocycles. The predicted molar refractivity (Wildman–Crippen MR) is 64.0 cm³/mol. The van der Waals surface area contributed by atoms with Gasteiger partial charge in [-0.25, -0.2) is 13.1 Å². The lowest BCUT2D eigenvalue weighted by Gasteiger charge is -2.22. The van der Waals surface area contributed by atoms with E-state index in [1.807, 2.05) is 11.8 Å². The van der Waals surface area contributed by atoms with Crippen LogP contribution < -0.4 is 4.72 Å². The largest absolute Gasteiger partial charge is 0.281 e. The van der Waals surface area contributed by atoms with Gasteiger partial charge in [-0.3, -0.25) is 5.10 Å². The second-order valence-corrected chi connectivity index (χ2v) is 6.77. The van der Waals surface area contributed by atoms with Gasteiger partial charge in [0.2, 0.25) is 10.0 Å². The molecule has 0 bridgehead atoms. The minimum atomic E-state index is -3.40. The zero-order chi connectivity index (χ0) is 11.6. The van der Waals surface area contributed by atoms with Crippen LogP contribution in [0.3, 0.4) is 0 Å². The van der Waals surface area contributed by atoms with Crippen LogP contribution in [-0.4, -0.2) is 36.2 Å². The van der Waals surface area contributed by atoms with Gasteiger partial charge in [0.05, 0.1) is 11.9 Å². The summed E-state index contributed by atoms with van der Waals surface area (Å²) >= 11 is 1.87. The minimum absolute atomic E-state index is 0.0700. The summed E-state index contributed by atoms with van der Waals surface area (Å²) < 4.78 is 26.7. The molecular formula is C9H15N3O2S2. The van der Waals surface area contributed by atoms with E-state index in [9.17, 15) is 8.42 Å². The molecule has 5 nitrogen and oxygen atoms in total. The standard InChI is InChI=1S/C9H15N3O2S2/c1-7-9(6-10-11-7)16(13,14)12-8-2-4-15-5-3-8/h6,8,12H,2-5H2,1H3,(H,10,11). The predicted octanol–water partition coefficient (Wildman–Crippen LogP) is 0.892. The van der Waals surface area contributed by atoms with Crippen LogP contribution in [0.1, 0.15) is 18.5 Å². The highest BCUT2D eigenvalue weighted by atomic mass is 32.2. The summed E-state index contributed by atoms with van der Waals surface area (Å²) in [6.07, 6.45) is 3.16. The summed E-state index contributed by atoms with van der Waals surface area (Å²) in [4.78, 5) is 0.255. The fourth-order valence-corrected chi connectivity index (χ4v) is 4.26. The fraction of sp³-hybridized carbons (Fsp3) is 0.667. The average Bonchev–Trinajstić information content (AvgIpc) is 2.66. The summed E-state index contributed by atoms with van der Waals surface area (Å²) in [7, 11) is -3.40. The van der Waals surface area contributed by atoms with Crippen LogP contribution in [0.5, 0.6) is 0 Å². The van der Waals surface area contributed by atoms with Crippen LogP contribution in [0.25, 0.3) is 0 Å². The normalized spacial score (nSPS) is 18.8. The van der Waals surface area contributed by atoms with Crippen molar-refractivity contribution in [3.8, 4) is 0 Å². The molecule has 0 unspecified atom stereocenters. The second kappa shape index (κ2) is 4.77. The Morgan fingerprint density at radius 1 is 1.50 bits per heavy atom. The molecule has 0 radical (unpaired) electrons. The number of hydrogen-bond acceptors (Lipinski definition) is 4. The van der Waals surface area contributed by atoms with E-state index in [1.165, 1.54) is 6.20 Å². The van der Waals surface area contributed by atoms with Gasteiger partial charge in [0.15, 0.2) is 0 Å². The molecule has 0 aromatic carbocycles. The Kier molecular flexibility index (Phi) is 3.56. The average molecular weight is 261 g/mol. The summed E-state index contributed by atoms with van der Waals surface area (Å²) in [5, 5.41) is 6.37. The highest BCUT2D eigenvalue weighted by Crippen LogP contribution is 2.19. The van der Waals surface area contributed by atoms with Gasteiger partial charge in [-0.15, -0.1) is 0 Å². The monoisotopic (exact) mass is 261 g/mol. The van der Waals surface area contributed by atoms with Crippen molar-refractivity contribution in [2.24, 2.45) is 0 Å². The molecule has 1 aliphatic rings. The summed E-state index contributed by atoms with van der Waals surface area (Å²) in [5.41, 5.74) is 0.581. The van der Waals surface area contributed by atoms with Crippen molar-refractivity contribution in [2.75, 3.05) is 11.5 Å². The van der Waals surface area contributed by atoms with Crippen molar-refractivity contribution in [1.29, 1.82) is 0 Å². The Balaban J connectivity index is 2.11. The quantitative estimate of drug-likeness (QED) is 0.847. The van der Waals surface area contributed by atoms with Crippen molar-refractivity contribution in [3.05, 3.63) is 11.9 Å². The third-order valence-corrected chi connectivity index (χ3v) is 5.30. The highest BCUT2D eigenvalue weighted by Gasteiger charge is 2.24. The maximum atomic E-state index is 12.0. The first kappa shape index (κ1) is 11.9. The van der Waals surface area contributed by atoms with Crippen molar-refractivity contribution in [1.82, 2.24) is 14.9 Å². The maximum Gasteiger partial charge on any atom is 0.244 e. The number of aromatic nitrogens is 2. The summed E-state index contributed by atoms with van der Waals surface area (Å²) in [6.45, 7) is 1.71. The van der Waals surface area contributed by atoms with Crippen LogP contribution in [0.2, 0.25) is 0 Å². The van der Waals surface area contributed by atoms with Gasteiger partial charge in [-0.1, -0.05) is 0 Å². The number of H-pyrrole nitrogens is 1. The molecule has 7 heteroatoms. The SMILES string of the molecule is Cc1[nH]ncc1S(=O)(=O)NC1CCSCC1. The first-order valence-corrected chi connectivity index (χ1v) is 7.83. The molecule has 90 valence electrons. The molecule has 0 atom stereocenters. The first-order valence-electron chi connectivity index (χ1n) is 5.19. The van der Waals surface area contributed by atoms with E-state index < -0.39 is 10.0 Å². The zero-order valence-corrected chi connectivity index (χ0v) is 10.7. The minimum Gasteiger partial charge on any atom is -0.281 e. The smallest absolute Gasteiger partial charge is 0.244 e. The molecule has 1 saturated heterocycles. The third kappa shape index (κ3) is 2.58. The van der Waals surface area contributed by atoms with E-state index in [1.54, 1.807) is 6.92 Å². The maximum absolute atomic E-state index is 12.0. The Hall–Kier alpha value is -0.530. The topological polar surface area (TPSA) is 74.8 Å². The van der Waals surface area contributed by atoms with Gasteiger partial charge >= 0.3 is 0 Å². The van der Waals surface area contributed by atoms with Crippen LogP contribution in [0.15, 0.2) is 11.1 Å². The molecule has 0 amide bonds. The summed E-state index contributed by atoms with van der Waals surface area (Å²) in [6, 6.07) is 0.0700. The Bertz CT molecular complexity index is 449. The van der Waals surface area contributed by atoms with Crippen molar-refractivity contribution < 1.29 is 8.42 Å².